The molecule has 4 heterocycles. The molecule has 1 fully saturated rings. The summed E-state index contributed by atoms with van der Waals surface area (Å²) < 4.78 is 7.32. The molecule has 8 heteroatoms. The van der Waals surface area contributed by atoms with Crippen molar-refractivity contribution >= 4 is 5.91 Å². The van der Waals surface area contributed by atoms with E-state index in [0.717, 1.165) is 36.3 Å². The highest BCUT2D eigenvalue weighted by Gasteiger charge is 2.32. The highest BCUT2D eigenvalue weighted by molar-refractivity contribution is 5.94. The van der Waals surface area contributed by atoms with Crippen LogP contribution in [0, 0.1) is 0 Å². The number of amides is 1. The number of rotatable bonds is 3. The Morgan fingerprint density at radius 1 is 1.27 bits per heavy atom. The van der Waals surface area contributed by atoms with Crippen molar-refractivity contribution in [1.29, 1.82) is 0 Å². The number of carbonyl (C=O) groups excluding carboxylic acids is 1. The summed E-state index contributed by atoms with van der Waals surface area (Å²) in [6, 6.07) is 3.48. The summed E-state index contributed by atoms with van der Waals surface area (Å²) in [6.07, 6.45) is 6.26. The molecule has 26 heavy (non-hydrogen) atoms. The smallest absolute Gasteiger partial charge is 0.278 e. The van der Waals surface area contributed by atoms with Gasteiger partial charge in [0.2, 0.25) is 0 Å². The minimum absolute atomic E-state index is 0.00273. The van der Waals surface area contributed by atoms with Crippen molar-refractivity contribution in [3.8, 4) is 11.6 Å². The molecule has 3 aromatic heterocycles. The average molecular weight is 350 g/mol. The molecule has 0 unspecified atom stereocenters. The van der Waals surface area contributed by atoms with E-state index in [9.17, 15) is 4.79 Å². The van der Waals surface area contributed by atoms with Crippen molar-refractivity contribution in [2.24, 2.45) is 7.05 Å². The summed E-state index contributed by atoms with van der Waals surface area (Å²) in [7, 11) is 1.92. The van der Waals surface area contributed by atoms with E-state index in [1.54, 1.807) is 24.5 Å². The molecule has 0 spiro atoms. The number of nitrogens with zero attached hydrogens (tertiary/aromatic N) is 6. The third-order valence-corrected chi connectivity index (χ3v) is 5.04. The van der Waals surface area contributed by atoms with Gasteiger partial charge in [0.05, 0.1) is 6.54 Å². The molecule has 1 amide bonds. The maximum absolute atomic E-state index is 12.8. The molecule has 5 rings (SSSR count). The predicted octanol–water partition coefficient (Wildman–Crippen LogP) is 1.94. The number of aryl methyl sites for hydroxylation is 1. The van der Waals surface area contributed by atoms with E-state index in [0.29, 0.717) is 36.2 Å². The molecule has 0 saturated heterocycles. The maximum atomic E-state index is 12.8. The van der Waals surface area contributed by atoms with Gasteiger partial charge in [0.1, 0.15) is 0 Å². The number of hydrogen-bond acceptors (Lipinski definition) is 6. The summed E-state index contributed by atoms with van der Waals surface area (Å²) in [5.41, 5.74) is 3.44. The number of pyridine rings is 1. The summed E-state index contributed by atoms with van der Waals surface area (Å²) in [4.78, 5) is 23.1. The van der Waals surface area contributed by atoms with Gasteiger partial charge in [-0.15, -0.1) is 0 Å². The van der Waals surface area contributed by atoms with Crippen LogP contribution in [0.25, 0.3) is 11.6 Å². The number of aromatic nitrogens is 5. The molecule has 0 atom stereocenters. The van der Waals surface area contributed by atoms with Gasteiger partial charge < -0.3 is 9.42 Å². The fourth-order valence-electron chi connectivity index (χ4n) is 3.45. The molecule has 1 aliphatic carbocycles. The van der Waals surface area contributed by atoms with Gasteiger partial charge in [0, 0.05) is 55.1 Å². The highest BCUT2D eigenvalue weighted by atomic mass is 16.5. The van der Waals surface area contributed by atoms with E-state index in [-0.39, 0.29) is 5.91 Å². The van der Waals surface area contributed by atoms with E-state index in [1.165, 1.54) is 0 Å². The van der Waals surface area contributed by atoms with Crippen LogP contribution in [0.4, 0.5) is 0 Å². The zero-order chi connectivity index (χ0) is 17.7. The first-order valence-electron chi connectivity index (χ1n) is 8.78. The molecule has 3 aromatic rings. The van der Waals surface area contributed by atoms with Gasteiger partial charge in [0.15, 0.2) is 11.5 Å². The van der Waals surface area contributed by atoms with Gasteiger partial charge in [0.25, 0.3) is 11.8 Å². The lowest BCUT2D eigenvalue weighted by Crippen LogP contribution is -2.36. The summed E-state index contributed by atoms with van der Waals surface area (Å²) in [5.74, 6) is 1.63. The van der Waals surface area contributed by atoms with E-state index >= 15 is 0 Å². The zero-order valence-corrected chi connectivity index (χ0v) is 14.4. The van der Waals surface area contributed by atoms with Crippen molar-refractivity contribution in [2.45, 2.75) is 31.7 Å². The fraction of sp³-hybridized carbons (Fsp3) is 0.389. The predicted molar refractivity (Wildman–Crippen MR) is 91.2 cm³/mol. The third-order valence-electron chi connectivity index (χ3n) is 5.04. The van der Waals surface area contributed by atoms with Crippen molar-refractivity contribution in [2.75, 3.05) is 6.54 Å². The normalized spacial score (nSPS) is 16.6. The van der Waals surface area contributed by atoms with E-state index in [4.69, 9.17) is 4.52 Å². The lowest BCUT2D eigenvalue weighted by atomic mass is 10.0. The first-order valence-corrected chi connectivity index (χ1v) is 8.78. The van der Waals surface area contributed by atoms with Crippen LogP contribution in [0.1, 0.15) is 46.2 Å². The van der Waals surface area contributed by atoms with E-state index in [2.05, 4.69) is 20.2 Å². The van der Waals surface area contributed by atoms with Gasteiger partial charge in [-0.2, -0.15) is 10.1 Å². The molecule has 0 bridgehead atoms. The lowest BCUT2D eigenvalue weighted by Gasteiger charge is -2.27. The number of carbonyl (C=O) groups is 1. The van der Waals surface area contributed by atoms with Crippen LogP contribution >= 0.6 is 0 Å². The second-order valence-corrected chi connectivity index (χ2v) is 6.84. The molecule has 132 valence electrons. The Labute approximate surface area is 149 Å². The molecule has 0 aromatic carbocycles. The topological polar surface area (TPSA) is 89.9 Å². The Bertz CT molecular complexity index is 973. The van der Waals surface area contributed by atoms with Crippen LogP contribution in [0.15, 0.2) is 29.0 Å². The first-order chi connectivity index (χ1) is 12.7. The van der Waals surface area contributed by atoms with Crippen LogP contribution in [-0.4, -0.2) is 42.3 Å². The average Bonchev–Trinajstić information content (AvgIpc) is 3.33. The second-order valence-electron chi connectivity index (χ2n) is 6.84. The van der Waals surface area contributed by atoms with Crippen molar-refractivity contribution in [1.82, 2.24) is 29.8 Å². The number of fused-ring (bicyclic) bond motifs is 1. The zero-order valence-electron chi connectivity index (χ0n) is 14.4. The maximum Gasteiger partial charge on any atom is 0.278 e. The van der Waals surface area contributed by atoms with Crippen molar-refractivity contribution in [3.05, 3.63) is 47.2 Å². The Morgan fingerprint density at radius 2 is 2.08 bits per heavy atom. The van der Waals surface area contributed by atoms with Crippen LogP contribution in [0.2, 0.25) is 0 Å². The van der Waals surface area contributed by atoms with Gasteiger partial charge in [-0.25, -0.2) is 0 Å². The van der Waals surface area contributed by atoms with Gasteiger partial charge in [-0.1, -0.05) is 5.16 Å². The largest absolute Gasteiger partial charge is 0.334 e. The Hall–Kier alpha value is -3.03. The summed E-state index contributed by atoms with van der Waals surface area (Å²) in [5, 5.41) is 8.69. The standard InChI is InChI=1S/C18H18N6O2/c1-23-14-6-9-24(18(25)12-4-7-19-8-5-12)10-13(14)15(21-23)17-20-16(22-26-17)11-2-3-11/h4-5,7-8,11H,2-3,6,9-10H2,1H3. The number of hydrogen-bond donors (Lipinski definition) is 0. The molecular formula is C18H18N6O2. The van der Waals surface area contributed by atoms with Crippen molar-refractivity contribution < 1.29 is 9.32 Å². The molecule has 1 saturated carbocycles. The van der Waals surface area contributed by atoms with Crippen molar-refractivity contribution in [3.63, 3.8) is 0 Å². The SMILES string of the molecule is Cn1nc(-c2nc(C3CC3)no2)c2c1CCN(C(=O)c1ccncc1)C2. The van der Waals surface area contributed by atoms with E-state index < -0.39 is 0 Å². The monoisotopic (exact) mass is 350 g/mol. The molecule has 0 radical (unpaired) electrons. The van der Waals surface area contributed by atoms with Crippen LogP contribution in [0.3, 0.4) is 0 Å². The van der Waals surface area contributed by atoms with Crippen LogP contribution < -0.4 is 0 Å². The van der Waals surface area contributed by atoms with Crippen LogP contribution in [0.5, 0.6) is 0 Å². The van der Waals surface area contributed by atoms with Crippen LogP contribution in [-0.2, 0) is 20.0 Å². The summed E-state index contributed by atoms with van der Waals surface area (Å²) in [6.45, 7) is 1.14. The van der Waals surface area contributed by atoms with Gasteiger partial charge in [-0.05, 0) is 25.0 Å². The minimum atomic E-state index is -0.00273. The fourth-order valence-corrected chi connectivity index (χ4v) is 3.45. The van der Waals surface area contributed by atoms with Gasteiger partial charge >= 0.3 is 0 Å². The van der Waals surface area contributed by atoms with Gasteiger partial charge in [-0.3, -0.25) is 14.5 Å². The molecule has 8 nitrogen and oxygen atoms in total. The quantitative estimate of drug-likeness (QED) is 0.717. The van der Waals surface area contributed by atoms with E-state index in [1.807, 2.05) is 16.6 Å². The molecule has 0 N–H and O–H groups in total. The molecule has 2 aliphatic rings. The lowest BCUT2D eigenvalue weighted by molar-refractivity contribution is 0.0733. The first kappa shape index (κ1) is 15.2. The second kappa shape index (κ2) is 5.76. The Kier molecular flexibility index (Phi) is 3.37. The third kappa shape index (κ3) is 2.49. The minimum Gasteiger partial charge on any atom is -0.334 e. The molecular weight excluding hydrogens is 332 g/mol. The highest BCUT2D eigenvalue weighted by Crippen LogP contribution is 2.39. The Morgan fingerprint density at radius 3 is 2.85 bits per heavy atom. The molecule has 1 aliphatic heterocycles. The summed E-state index contributed by atoms with van der Waals surface area (Å²) >= 11 is 0. The Balaban J connectivity index is 1.47.